The predicted octanol–water partition coefficient (Wildman–Crippen LogP) is 2.93. The largest absolute Gasteiger partial charge is 0.465 e. The summed E-state index contributed by atoms with van der Waals surface area (Å²) in [6.07, 6.45) is 0.776. The number of nitrogens with one attached hydrogen (secondary N) is 1. The van der Waals surface area contributed by atoms with Crippen molar-refractivity contribution in [3.8, 4) is 0 Å². The highest BCUT2D eigenvalue weighted by atomic mass is 32.2. The molecule has 1 aliphatic rings. The Morgan fingerprint density at radius 1 is 1.50 bits per heavy atom. The Kier molecular flexibility index (Phi) is 5.70. The van der Waals surface area contributed by atoms with Gasteiger partial charge in [-0.25, -0.2) is 4.98 Å². The number of carbonyl (C=O) groups is 2. The molecule has 1 atom stereocenters. The minimum atomic E-state index is -0.270. The van der Waals surface area contributed by atoms with Gasteiger partial charge in [-0.05, 0) is 24.6 Å². The van der Waals surface area contributed by atoms with Gasteiger partial charge in [-0.15, -0.1) is 11.3 Å². The van der Waals surface area contributed by atoms with Gasteiger partial charge < -0.3 is 14.8 Å². The number of esters is 1. The molecule has 1 fully saturated rings. The van der Waals surface area contributed by atoms with Crippen LogP contribution in [0.2, 0.25) is 0 Å². The highest BCUT2D eigenvalue weighted by Gasteiger charge is 2.23. The van der Waals surface area contributed by atoms with Crippen LogP contribution in [0.1, 0.15) is 13.3 Å². The number of carbonyl (C=O) groups excluding carboxylic acids is 2. The maximum absolute atomic E-state index is 12.1. The van der Waals surface area contributed by atoms with Crippen LogP contribution >= 0.6 is 23.1 Å². The van der Waals surface area contributed by atoms with Crippen molar-refractivity contribution in [2.75, 3.05) is 30.9 Å². The van der Waals surface area contributed by atoms with E-state index >= 15 is 0 Å². The number of benzene rings is 1. The quantitative estimate of drug-likeness (QED) is 0.481. The average Bonchev–Trinajstić information content (AvgIpc) is 3.20. The third kappa shape index (κ3) is 4.46. The van der Waals surface area contributed by atoms with Gasteiger partial charge in [0.15, 0.2) is 4.34 Å². The number of nitrogens with zero attached hydrogens (tertiary/aromatic N) is 1. The van der Waals surface area contributed by atoms with Crippen LogP contribution in [0.5, 0.6) is 0 Å². The molecule has 24 heavy (non-hydrogen) atoms. The number of anilines is 1. The smallest absolute Gasteiger partial charge is 0.302 e. The van der Waals surface area contributed by atoms with E-state index in [1.54, 1.807) is 23.1 Å². The lowest BCUT2D eigenvalue weighted by atomic mass is 10.1. The van der Waals surface area contributed by atoms with E-state index in [0.717, 1.165) is 26.7 Å². The van der Waals surface area contributed by atoms with E-state index in [9.17, 15) is 9.59 Å². The molecule has 2 aromatic rings. The molecule has 1 saturated heterocycles. The first-order valence-electron chi connectivity index (χ1n) is 7.67. The van der Waals surface area contributed by atoms with Gasteiger partial charge in [0.25, 0.3) is 0 Å². The number of fused-ring (bicyclic) bond motifs is 1. The van der Waals surface area contributed by atoms with Crippen molar-refractivity contribution in [1.29, 1.82) is 0 Å². The summed E-state index contributed by atoms with van der Waals surface area (Å²) < 4.78 is 12.1. The molecule has 1 N–H and O–H groups in total. The van der Waals surface area contributed by atoms with Crippen LogP contribution in [0.3, 0.4) is 0 Å². The Labute approximate surface area is 147 Å². The monoisotopic (exact) mass is 366 g/mol. The topological polar surface area (TPSA) is 77.5 Å². The first-order chi connectivity index (χ1) is 11.6. The van der Waals surface area contributed by atoms with Crippen molar-refractivity contribution in [2.24, 2.45) is 5.92 Å². The van der Waals surface area contributed by atoms with Crippen molar-refractivity contribution < 1.29 is 19.1 Å². The van der Waals surface area contributed by atoms with Crippen molar-refractivity contribution in [3.05, 3.63) is 18.2 Å². The van der Waals surface area contributed by atoms with E-state index in [1.807, 2.05) is 18.2 Å². The molecule has 3 rings (SSSR count). The third-order valence-electron chi connectivity index (χ3n) is 3.55. The van der Waals surface area contributed by atoms with Crippen molar-refractivity contribution in [3.63, 3.8) is 0 Å². The molecule has 0 aliphatic carbocycles. The van der Waals surface area contributed by atoms with Crippen LogP contribution in [0, 0.1) is 5.92 Å². The second-order valence-electron chi connectivity index (χ2n) is 5.40. The van der Waals surface area contributed by atoms with Crippen LogP contribution in [-0.2, 0) is 19.1 Å². The fraction of sp³-hybridized carbons (Fsp3) is 0.438. The highest BCUT2D eigenvalue weighted by Crippen LogP contribution is 2.31. The molecule has 2 heterocycles. The van der Waals surface area contributed by atoms with Crippen LogP contribution in [0.4, 0.5) is 5.69 Å². The standard InChI is InChI=1S/C16H18N2O4S2/c1-10(19)22-6-7-23-16-18-13-3-2-12(8-14(13)24-16)17-15(20)11-4-5-21-9-11/h2-3,8,11H,4-7,9H2,1H3,(H,17,20). The van der Waals surface area contributed by atoms with E-state index < -0.39 is 0 Å². The summed E-state index contributed by atoms with van der Waals surface area (Å²) in [5, 5.41) is 2.95. The molecule has 6 nitrogen and oxygen atoms in total. The number of rotatable bonds is 6. The lowest BCUT2D eigenvalue weighted by Gasteiger charge is -2.08. The summed E-state index contributed by atoms with van der Waals surface area (Å²) in [7, 11) is 0. The van der Waals surface area contributed by atoms with Gasteiger partial charge in [-0.2, -0.15) is 0 Å². The van der Waals surface area contributed by atoms with Crippen LogP contribution < -0.4 is 5.32 Å². The first-order valence-corrected chi connectivity index (χ1v) is 9.47. The molecule has 0 saturated carbocycles. The van der Waals surface area contributed by atoms with Gasteiger partial charge in [0.1, 0.15) is 6.61 Å². The lowest BCUT2D eigenvalue weighted by Crippen LogP contribution is -2.22. The summed E-state index contributed by atoms with van der Waals surface area (Å²) >= 11 is 3.12. The molecule has 1 aromatic heterocycles. The minimum Gasteiger partial charge on any atom is -0.465 e. The van der Waals surface area contributed by atoms with Crippen LogP contribution in [0.25, 0.3) is 10.2 Å². The Morgan fingerprint density at radius 3 is 3.12 bits per heavy atom. The Bertz CT molecular complexity index is 741. The molecule has 0 radical (unpaired) electrons. The fourth-order valence-corrected chi connectivity index (χ4v) is 4.34. The number of thioether (sulfide) groups is 1. The maximum atomic E-state index is 12.1. The highest BCUT2D eigenvalue weighted by molar-refractivity contribution is 8.01. The molecular formula is C16H18N2O4S2. The summed E-state index contributed by atoms with van der Waals surface area (Å²) in [6.45, 7) is 2.92. The number of amides is 1. The van der Waals surface area contributed by atoms with E-state index in [0.29, 0.717) is 25.6 Å². The zero-order chi connectivity index (χ0) is 16.9. The summed E-state index contributed by atoms with van der Waals surface area (Å²) in [6, 6.07) is 5.71. The maximum Gasteiger partial charge on any atom is 0.302 e. The van der Waals surface area contributed by atoms with Crippen molar-refractivity contribution >= 4 is 50.9 Å². The fourth-order valence-electron chi connectivity index (χ4n) is 2.34. The normalized spacial score (nSPS) is 17.1. The zero-order valence-electron chi connectivity index (χ0n) is 13.2. The molecule has 8 heteroatoms. The van der Waals surface area contributed by atoms with Crippen LogP contribution in [0.15, 0.2) is 22.5 Å². The minimum absolute atomic E-state index is 0.00680. The summed E-state index contributed by atoms with van der Waals surface area (Å²) in [5.74, 6) is 0.347. The van der Waals surface area contributed by atoms with E-state index in [4.69, 9.17) is 9.47 Å². The van der Waals surface area contributed by atoms with Gasteiger partial charge in [0.05, 0.1) is 22.7 Å². The van der Waals surface area contributed by atoms with Crippen molar-refractivity contribution in [1.82, 2.24) is 4.98 Å². The second kappa shape index (κ2) is 7.96. The second-order valence-corrected chi connectivity index (χ2v) is 7.77. The molecule has 0 spiro atoms. The van der Waals surface area contributed by atoms with Gasteiger partial charge in [0, 0.05) is 25.0 Å². The van der Waals surface area contributed by atoms with Gasteiger partial charge in [0.2, 0.25) is 5.91 Å². The van der Waals surface area contributed by atoms with E-state index in [1.165, 1.54) is 6.92 Å². The van der Waals surface area contributed by atoms with Crippen molar-refractivity contribution in [2.45, 2.75) is 17.7 Å². The Hall–Kier alpha value is -1.64. The number of thiazole rings is 1. The van der Waals surface area contributed by atoms with Crippen LogP contribution in [-0.4, -0.2) is 42.4 Å². The van der Waals surface area contributed by atoms with E-state index in [2.05, 4.69) is 10.3 Å². The first kappa shape index (κ1) is 17.2. The molecule has 1 amide bonds. The Morgan fingerprint density at radius 2 is 2.38 bits per heavy atom. The molecular weight excluding hydrogens is 348 g/mol. The number of ether oxygens (including phenoxy) is 2. The van der Waals surface area contributed by atoms with Gasteiger partial charge >= 0.3 is 5.97 Å². The molecule has 0 bridgehead atoms. The summed E-state index contributed by atoms with van der Waals surface area (Å²) in [4.78, 5) is 27.4. The molecule has 1 aromatic carbocycles. The number of aromatic nitrogens is 1. The summed E-state index contributed by atoms with van der Waals surface area (Å²) in [5.41, 5.74) is 1.68. The zero-order valence-corrected chi connectivity index (χ0v) is 14.9. The lowest BCUT2D eigenvalue weighted by molar-refractivity contribution is -0.140. The van der Waals surface area contributed by atoms with E-state index in [-0.39, 0.29) is 17.8 Å². The predicted molar refractivity (Wildman–Crippen MR) is 94.5 cm³/mol. The molecule has 1 unspecified atom stereocenters. The van der Waals surface area contributed by atoms with Gasteiger partial charge in [-0.1, -0.05) is 11.8 Å². The SMILES string of the molecule is CC(=O)OCCSc1nc2ccc(NC(=O)C3CCOC3)cc2s1. The molecule has 1 aliphatic heterocycles. The third-order valence-corrected chi connectivity index (χ3v) is 5.68. The molecule has 128 valence electrons. The van der Waals surface area contributed by atoms with Gasteiger partial charge in [-0.3, -0.25) is 9.59 Å². The number of hydrogen-bond acceptors (Lipinski definition) is 7. The Balaban J connectivity index is 1.60. The number of hydrogen-bond donors (Lipinski definition) is 1. The average molecular weight is 366 g/mol.